The highest BCUT2D eigenvalue weighted by molar-refractivity contribution is 5.83. The number of halogens is 4. The molecule has 1 aliphatic heterocycles. The van der Waals surface area contributed by atoms with E-state index >= 15 is 0 Å². The van der Waals surface area contributed by atoms with Crippen molar-refractivity contribution in [1.29, 1.82) is 5.26 Å². The number of carboxylic acid groups (broad SMARTS) is 2. The third-order valence-corrected chi connectivity index (χ3v) is 5.28. The number of nitrogens with zero attached hydrogens (tertiary/aromatic N) is 2. The zero-order chi connectivity index (χ0) is 27.0. The summed E-state index contributed by atoms with van der Waals surface area (Å²) >= 11 is 0. The van der Waals surface area contributed by atoms with Crippen molar-refractivity contribution < 1.29 is 47.6 Å². The van der Waals surface area contributed by atoms with E-state index in [-0.39, 0.29) is 18.2 Å². The van der Waals surface area contributed by atoms with E-state index < -0.39 is 47.1 Å². The van der Waals surface area contributed by atoms with Gasteiger partial charge in [0.05, 0.1) is 17.0 Å². The van der Waals surface area contributed by atoms with Crippen LogP contribution in [0.2, 0.25) is 0 Å². The van der Waals surface area contributed by atoms with Crippen LogP contribution in [0.3, 0.4) is 0 Å². The minimum Gasteiger partial charge on any atom is -0.479 e. The topological polar surface area (TPSA) is 154 Å². The van der Waals surface area contributed by atoms with Crippen molar-refractivity contribution in [3.05, 3.63) is 35.1 Å². The van der Waals surface area contributed by atoms with Crippen LogP contribution in [-0.4, -0.2) is 75.1 Å². The number of carboxylic acids is 2. The SMILES string of the molecule is CC(C)(C#N)CN(Cc1ccc(F)cc1C(F)(F)F)C1CCNCC1.O=C(O)[C@H](O)[C@@H](O)C(=O)O. The number of aliphatic carboxylic acids is 2. The number of nitriles is 1. The molecule has 35 heavy (non-hydrogen) atoms. The van der Waals surface area contributed by atoms with Crippen LogP contribution >= 0.6 is 0 Å². The standard InChI is InChI=1S/C18H23F4N3.C4H6O6/c1-17(2,11-23)12-25(15-5-7-24-8-6-15)10-13-3-4-14(19)9-16(13)18(20,21)22;5-1(3(7)8)2(6)4(9)10/h3-4,9,15,24H,5-8,10,12H2,1-2H3;1-2,5-6H,(H,7,8)(H,9,10)/t;1-,2-/m.1/s1. The highest BCUT2D eigenvalue weighted by Crippen LogP contribution is 2.34. The molecule has 13 heteroatoms. The van der Waals surface area contributed by atoms with Crippen molar-refractivity contribution in [2.24, 2.45) is 5.41 Å². The summed E-state index contributed by atoms with van der Waals surface area (Å²) in [4.78, 5) is 21.5. The van der Waals surface area contributed by atoms with Crippen LogP contribution in [0.15, 0.2) is 18.2 Å². The van der Waals surface area contributed by atoms with Crippen molar-refractivity contribution in [3.63, 3.8) is 0 Å². The molecule has 0 aliphatic carbocycles. The lowest BCUT2D eigenvalue weighted by Crippen LogP contribution is -2.46. The predicted octanol–water partition coefficient (Wildman–Crippen LogP) is 1.83. The van der Waals surface area contributed by atoms with E-state index in [4.69, 9.17) is 20.4 Å². The van der Waals surface area contributed by atoms with Crippen molar-refractivity contribution in [1.82, 2.24) is 10.2 Å². The smallest absolute Gasteiger partial charge is 0.416 e. The number of aliphatic hydroxyl groups excluding tert-OH is 2. The molecule has 0 amide bonds. The summed E-state index contributed by atoms with van der Waals surface area (Å²) in [6, 6.07) is 5.11. The number of hydrogen-bond donors (Lipinski definition) is 5. The van der Waals surface area contributed by atoms with Crippen molar-refractivity contribution in [2.75, 3.05) is 19.6 Å². The number of rotatable bonds is 8. The highest BCUT2D eigenvalue weighted by atomic mass is 19.4. The summed E-state index contributed by atoms with van der Waals surface area (Å²) in [7, 11) is 0. The Morgan fingerprint density at radius 1 is 1.14 bits per heavy atom. The van der Waals surface area contributed by atoms with Crippen molar-refractivity contribution in [3.8, 4) is 6.07 Å². The van der Waals surface area contributed by atoms with E-state index in [1.165, 1.54) is 6.07 Å². The first-order chi connectivity index (χ1) is 16.1. The number of aliphatic hydroxyl groups is 2. The quantitative estimate of drug-likeness (QED) is 0.332. The number of nitrogens with one attached hydrogen (secondary N) is 1. The molecule has 0 bridgehead atoms. The molecule has 1 saturated heterocycles. The highest BCUT2D eigenvalue weighted by Gasteiger charge is 2.36. The second kappa shape index (κ2) is 12.8. The minimum atomic E-state index is -4.61. The molecule has 1 aromatic rings. The van der Waals surface area contributed by atoms with Crippen LogP contribution in [0.1, 0.15) is 37.8 Å². The first-order valence-electron chi connectivity index (χ1n) is 10.6. The van der Waals surface area contributed by atoms with Crippen LogP contribution in [0.4, 0.5) is 17.6 Å². The maximum Gasteiger partial charge on any atom is 0.416 e. The Morgan fingerprint density at radius 3 is 2.09 bits per heavy atom. The molecule has 1 fully saturated rings. The van der Waals surface area contributed by atoms with Gasteiger partial charge in [0.1, 0.15) is 5.82 Å². The largest absolute Gasteiger partial charge is 0.479 e. The number of piperidine rings is 1. The Morgan fingerprint density at radius 2 is 1.66 bits per heavy atom. The van der Waals surface area contributed by atoms with Crippen LogP contribution in [-0.2, 0) is 22.3 Å². The minimum absolute atomic E-state index is 0.0428. The summed E-state index contributed by atoms with van der Waals surface area (Å²) < 4.78 is 53.2. The summed E-state index contributed by atoms with van der Waals surface area (Å²) in [6.07, 6.45) is -7.52. The van der Waals surface area contributed by atoms with Gasteiger partial charge in [0.25, 0.3) is 0 Å². The second-order valence-corrected chi connectivity index (χ2v) is 8.75. The number of hydrogen-bond acceptors (Lipinski definition) is 7. The fourth-order valence-electron chi connectivity index (χ4n) is 3.47. The molecule has 1 aromatic carbocycles. The molecular formula is C22H29F4N3O6. The first-order valence-corrected chi connectivity index (χ1v) is 10.6. The third-order valence-electron chi connectivity index (χ3n) is 5.28. The van der Waals surface area contributed by atoms with Gasteiger partial charge in [0.15, 0.2) is 12.2 Å². The van der Waals surface area contributed by atoms with Crippen LogP contribution in [0.25, 0.3) is 0 Å². The molecule has 0 spiro atoms. The number of benzene rings is 1. The van der Waals surface area contributed by atoms with E-state index in [1.54, 1.807) is 13.8 Å². The van der Waals surface area contributed by atoms with E-state index in [0.29, 0.717) is 12.6 Å². The summed E-state index contributed by atoms with van der Waals surface area (Å²) in [5.74, 6) is -4.44. The van der Waals surface area contributed by atoms with Gasteiger partial charge in [0.2, 0.25) is 0 Å². The van der Waals surface area contributed by atoms with Crippen molar-refractivity contribution >= 4 is 11.9 Å². The lowest BCUT2D eigenvalue weighted by Gasteiger charge is -2.38. The van der Waals surface area contributed by atoms with Gasteiger partial charge in [0, 0.05) is 19.1 Å². The van der Waals surface area contributed by atoms with Gasteiger partial charge in [-0.15, -0.1) is 0 Å². The Balaban J connectivity index is 0.000000518. The van der Waals surface area contributed by atoms with E-state index in [0.717, 1.165) is 32.0 Å². The number of carbonyl (C=O) groups is 2. The molecule has 0 radical (unpaired) electrons. The second-order valence-electron chi connectivity index (χ2n) is 8.75. The molecule has 9 nitrogen and oxygen atoms in total. The molecule has 1 aliphatic rings. The lowest BCUT2D eigenvalue weighted by atomic mass is 9.92. The summed E-state index contributed by atoms with van der Waals surface area (Å²) in [5, 5.41) is 45.1. The molecule has 1 heterocycles. The fraction of sp³-hybridized carbons (Fsp3) is 0.591. The maximum absolute atomic E-state index is 13.3. The third kappa shape index (κ3) is 9.77. The van der Waals surface area contributed by atoms with Gasteiger partial charge < -0.3 is 25.7 Å². The molecule has 5 N–H and O–H groups in total. The molecule has 2 rings (SSSR count). The van der Waals surface area contributed by atoms with E-state index in [9.17, 15) is 32.4 Å². The molecule has 2 atom stereocenters. The van der Waals surface area contributed by atoms with E-state index in [2.05, 4.69) is 11.4 Å². The van der Waals surface area contributed by atoms with Crippen LogP contribution < -0.4 is 5.32 Å². The molecule has 0 saturated carbocycles. The van der Waals surface area contributed by atoms with Gasteiger partial charge in [-0.25, -0.2) is 14.0 Å². The average molecular weight is 507 g/mol. The van der Waals surface area contributed by atoms with Gasteiger partial charge in [-0.05, 0) is 57.5 Å². The average Bonchev–Trinajstić information content (AvgIpc) is 2.78. The van der Waals surface area contributed by atoms with Gasteiger partial charge in [-0.1, -0.05) is 6.07 Å². The monoisotopic (exact) mass is 507 g/mol. The van der Waals surface area contributed by atoms with Crippen molar-refractivity contribution in [2.45, 2.75) is 57.7 Å². The lowest BCUT2D eigenvalue weighted by molar-refractivity contribution is -0.165. The zero-order valence-corrected chi connectivity index (χ0v) is 19.2. The summed E-state index contributed by atoms with van der Waals surface area (Å²) in [5.41, 5.74) is -1.58. The molecule has 0 unspecified atom stereocenters. The van der Waals surface area contributed by atoms with E-state index in [1.807, 2.05) is 4.90 Å². The Bertz CT molecular complexity index is 895. The van der Waals surface area contributed by atoms with Crippen LogP contribution in [0, 0.1) is 22.6 Å². The Kier molecular flexibility index (Phi) is 11.0. The normalized spacial score (nSPS) is 16.6. The fourth-order valence-corrected chi connectivity index (χ4v) is 3.47. The maximum atomic E-state index is 13.3. The Labute approximate surface area is 199 Å². The summed E-state index contributed by atoms with van der Waals surface area (Å²) in [6.45, 7) is 5.55. The molecule has 196 valence electrons. The van der Waals surface area contributed by atoms with Crippen LogP contribution in [0.5, 0.6) is 0 Å². The van der Waals surface area contributed by atoms with Gasteiger partial charge >= 0.3 is 18.1 Å². The predicted molar refractivity (Wildman–Crippen MR) is 114 cm³/mol. The number of alkyl halides is 3. The molecule has 0 aromatic heterocycles. The van der Waals surface area contributed by atoms with Gasteiger partial charge in [-0.2, -0.15) is 18.4 Å². The zero-order valence-electron chi connectivity index (χ0n) is 19.2. The Hall–Kier alpha value is -2.79. The van der Waals surface area contributed by atoms with Gasteiger partial charge in [-0.3, -0.25) is 4.90 Å². The molecular weight excluding hydrogens is 478 g/mol. The first kappa shape index (κ1) is 30.2.